The lowest BCUT2D eigenvalue weighted by atomic mass is 10.1. The first kappa shape index (κ1) is 28.0. The second-order valence-electron chi connectivity index (χ2n) is 8.09. The lowest BCUT2D eigenvalue weighted by Gasteiger charge is -2.36. The van der Waals surface area contributed by atoms with Crippen molar-refractivity contribution in [1.29, 1.82) is 0 Å². The molecule has 1 saturated heterocycles. The molecule has 1 fully saturated rings. The van der Waals surface area contributed by atoms with E-state index in [1.165, 1.54) is 12.8 Å². The first-order valence-corrected chi connectivity index (χ1v) is 13.0. The van der Waals surface area contributed by atoms with Crippen LogP contribution < -0.4 is 15.4 Å². The molecule has 8 nitrogen and oxygen atoms in total. The number of halogens is 1. The van der Waals surface area contributed by atoms with Crippen LogP contribution in [0.5, 0.6) is 5.75 Å². The van der Waals surface area contributed by atoms with Crippen LogP contribution in [0, 0.1) is 0 Å². The molecule has 1 aromatic rings. The van der Waals surface area contributed by atoms with Gasteiger partial charge in [-0.3, -0.25) is 19.7 Å². The Labute approximate surface area is 215 Å². The van der Waals surface area contributed by atoms with Gasteiger partial charge in [-0.15, -0.1) is 0 Å². The Kier molecular flexibility index (Phi) is 12.3. The standard InChI is InChI=1S/C24H34BrN3O5S/c1-3-5-7-8-14-32-20-10-9-17(15-18(20)25)22(30)27-24(34)28-12-11-26-23(31)19(28)16-21(29)33-13-6-4-2/h9-10,15,19H,3-8,11-14,16H2,1-2H3,(H,26,31)(H,27,30,34). The number of rotatable bonds is 12. The van der Waals surface area contributed by atoms with Gasteiger partial charge < -0.3 is 19.7 Å². The van der Waals surface area contributed by atoms with Gasteiger partial charge in [0.05, 0.1) is 24.1 Å². The molecule has 188 valence electrons. The van der Waals surface area contributed by atoms with Crippen LogP contribution in [0.4, 0.5) is 0 Å². The third-order valence-electron chi connectivity index (χ3n) is 5.38. The largest absolute Gasteiger partial charge is 0.492 e. The average molecular weight is 557 g/mol. The van der Waals surface area contributed by atoms with Crippen molar-refractivity contribution in [3.8, 4) is 5.75 Å². The van der Waals surface area contributed by atoms with E-state index in [2.05, 4.69) is 33.5 Å². The Morgan fingerprint density at radius 1 is 1.18 bits per heavy atom. The van der Waals surface area contributed by atoms with Gasteiger partial charge in [0.15, 0.2) is 5.11 Å². The van der Waals surface area contributed by atoms with Gasteiger partial charge in [0, 0.05) is 18.7 Å². The van der Waals surface area contributed by atoms with Crippen LogP contribution in [0.2, 0.25) is 0 Å². The zero-order valence-electron chi connectivity index (χ0n) is 19.9. The molecular formula is C24H34BrN3O5S. The van der Waals surface area contributed by atoms with E-state index in [4.69, 9.17) is 21.7 Å². The second kappa shape index (κ2) is 14.9. The summed E-state index contributed by atoms with van der Waals surface area (Å²) >= 11 is 8.87. The number of carbonyl (C=O) groups excluding carboxylic acids is 3. The third kappa shape index (κ3) is 8.87. The fourth-order valence-electron chi connectivity index (χ4n) is 3.42. The first-order chi connectivity index (χ1) is 16.4. The van der Waals surface area contributed by atoms with Gasteiger partial charge >= 0.3 is 5.97 Å². The zero-order chi connectivity index (χ0) is 24.9. The predicted molar refractivity (Wildman–Crippen MR) is 138 cm³/mol. The Morgan fingerprint density at radius 3 is 2.65 bits per heavy atom. The Morgan fingerprint density at radius 2 is 1.94 bits per heavy atom. The second-order valence-corrected chi connectivity index (χ2v) is 9.33. The third-order valence-corrected chi connectivity index (χ3v) is 6.34. The quantitative estimate of drug-likeness (QED) is 0.229. The van der Waals surface area contributed by atoms with Crippen LogP contribution in [0.3, 0.4) is 0 Å². The van der Waals surface area contributed by atoms with E-state index in [0.717, 1.165) is 25.7 Å². The lowest BCUT2D eigenvalue weighted by Crippen LogP contribution is -2.60. The predicted octanol–water partition coefficient (Wildman–Crippen LogP) is 3.96. The molecule has 1 aromatic carbocycles. The molecule has 1 unspecified atom stereocenters. The van der Waals surface area contributed by atoms with Gasteiger partial charge in [-0.05, 0) is 59.2 Å². The van der Waals surface area contributed by atoms with E-state index in [1.807, 2.05) is 6.92 Å². The number of unbranched alkanes of at least 4 members (excludes halogenated alkanes) is 4. The van der Waals surface area contributed by atoms with Crippen molar-refractivity contribution in [2.75, 3.05) is 26.3 Å². The number of nitrogens with zero attached hydrogens (tertiary/aromatic N) is 1. The van der Waals surface area contributed by atoms with Crippen molar-refractivity contribution in [2.24, 2.45) is 0 Å². The highest BCUT2D eigenvalue weighted by atomic mass is 79.9. The molecule has 0 spiro atoms. The molecule has 2 amide bonds. The van der Waals surface area contributed by atoms with Crippen LogP contribution in [0.25, 0.3) is 0 Å². The monoisotopic (exact) mass is 555 g/mol. The highest BCUT2D eigenvalue weighted by Crippen LogP contribution is 2.26. The Hall–Kier alpha value is -2.20. The zero-order valence-corrected chi connectivity index (χ0v) is 22.3. The summed E-state index contributed by atoms with van der Waals surface area (Å²) in [5.74, 6) is -0.525. The van der Waals surface area contributed by atoms with Gasteiger partial charge in [-0.2, -0.15) is 0 Å². The number of esters is 1. The molecule has 0 radical (unpaired) electrons. The number of amides is 2. The van der Waals surface area contributed by atoms with E-state index < -0.39 is 17.9 Å². The SMILES string of the molecule is CCCCCCOc1ccc(C(=O)NC(=S)N2CCNC(=O)C2CC(=O)OCCCC)cc1Br. The maximum Gasteiger partial charge on any atom is 0.308 e. The van der Waals surface area contributed by atoms with Crippen molar-refractivity contribution < 1.29 is 23.9 Å². The molecule has 34 heavy (non-hydrogen) atoms. The number of carbonyl (C=O) groups is 3. The number of hydrogen-bond donors (Lipinski definition) is 2. The summed E-state index contributed by atoms with van der Waals surface area (Å²) in [5.41, 5.74) is 0.393. The first-order valence-electron chi connectivity index (χ1n) is 11.8. The van der Waals surface area contributed by atoms with Crippen LogP contribution in [0.15, 0.2) is 22.7 Å². The lowest BCUT2D eigenvalue weighted by molar-refractivity contribution is -0.147. The van der Waals surface area contributed by atoms with Gasteiger partial charge in [0.2, 0.25) is 5.91 Å². The number of ether oxygens (including phenoxy) is 2. The minimum absolute atomic E-state index is 0.0959. The summed E-state index contributed by atoms with van der Waals surface area (Å²) < 4.78 is 11.7. The van der Waals surface area contributed by atoms with E-state index in [-0.39, 0.29) is 17.4 Å². The van der Waals surface area contributed by atoms with Gasteiger partial charge in [0.1, 0.15) is 11.8 Å². The van der Waals surface area contributed by atoms with E-state index in [9.17, 15) is 14.4 Å². The number of thiocarbonyl (C=S) groups is 1. The highest BCUT2D eigenvalue weighted by Gasteiger charge is 2.34. The van der Waals surface area contributed by atoms with Crippen molar-refractivity contribution in [3.05, 3.63) is 28.2 Å². The summed E-state index contributed by atoms with van der Waals surface area (Å²) in [7, 11) is 0. The highest BCUT2D eigenvalue weighted by molar-refractivity contribution is 9.10. The maximum atomic E-state index is 12.8. The molecule has 1 aliphatic heterocycles. The minimum Gasteiger partial charge on any atom is -0.492 e. The molecule has 0 aromatic heterocycles. The Bertz CT molecular complexity index is 867. The van der Waals surface area contributed by atoms with Crippen LogP contribution >= 0.6 is 28.1 Å². The van der Waals surface area contributed by atoms with E-state index >= 15 is 0 Å². The van der Waals surface area contributed by atoms with Crippen molar-refractivity contribution >= 4 is 51.0 Å². The molecule has 1 atom stereocenters. The average Bonchev–Trinajstić information content (AvgIpc) is 2.81. The van der Waals surface area contributed by atoms with Crippen molar-refractivity contribution in [1.82, 2.24) is 15.5 Å². The number of hydrogen-bond acceptors (Lipinski definition) is 6. The van der Waals surface area contributed by atoms with Crippen LogP contribution in [-0.2, 0) is 14.3 Å². The molecule has 1 aliphatic rings. The van der Waals surface area contributed by atoms with Crippen LogP contribution in [-0.4, -0.2) is 60.1 Å². The maximum absolute atomic E-state index is 12.8. The number of benzene rings is 1. The van der Waals surface area contributed by atoms with Crippen molar-refractivity contribution in [3.63, 3.8) is 0 Å². The normalized spacial score (nSPS) is 15.4. The molecule has 0 bridgehead atoms. The number of nitrogens with one attached hydrogen (secondary N) is 2. The molecule has 1 heterocycles. The molecule has 2 N–H and O–H groups in total. The van der Waals surface area contributed by atoms with Gasteiger partial charge in [-0.25, -0.2) is 0 Å². The molecule has 0 saturated carbocycles. The fraction of sp³-hybridized carbons (Fsp3) is 0.583. The summed E-state index contributed by atoms with van der Waals surface area (Å²) in [6.45, 7) is 5.85. The fourth-order valence-corrected chi connectivity index (χ4v) is 4.22. The summed E-state index contributed by atoms with van der Waals surface area (Å²) in [6.07, 6.45) is 5.98. The smallest absolute Gasteiger partial charge is 0.308 e. The molecule has 0 aliphatic carbocycles. The summed E-state index contributed by atoms with van der Waals surface area (Å²) in [4.78, 5) is 38.9. The molecule has 2 rings (SSSR count). The molecular weight excluding hydrogens is 522 g/mol. The van der Waals surface area contributed by atoms with Gasteiger partial charge in [-0.1, -0.05) is 39.5 Å². The van der Waals surface area contributed by atoms with Crippen molar-refractivity contribution in [2.45, 2.75) is 64.8 Å². The van der Waals surface area contributed by atoms with Crippen LogP contribution in [0.1, 0.15) is 69.2 Å². The van der Waals surface area contributed by atoms with E-state index in [0.29, 0.717) is 42.1 Å². The van der Waals surface area contributed by atoms with E-state index in [1.54, 1.807) is 23.1 Å². The minimum atomic E-state index is -0.828. The Balaban J connectivity index is 1.95. The topological polar surface area (TPSA) is 97.0 Å². The summed E-state index contributed by atoms with van der Waals surface area (Å²) in [5, 5.41) is 5.51. The summed E-state index contributed by atoms with van der Waals surface area (Å²) in [6, 6.07) is 4.25. The molecule has 10 heteroatoms. The number of piperazine rings is 1. The van der Waals surface area contributed by atoms with Gasteiger partial charge in [0.25, 0.3) is 5.91 Å².